The monoisotopic (exact) mass is 644 g/mol. The fourth-order valence-electron chi connectivity index (χ4n) is 5.35. The van der Waals surface area contributed by atoms with Gasteiger partial charge in [0.05, 0.1) is 36.0 Å². The number of anilines is 1. The van der Waals surface area contributed by atoms with Crippen molar-refractivity contribution in [3.8, 4) is 28.8 Å². The average Bonchev–Trinajstić information content (AvgIpc) is 3.38. The van der Waals surface area contributed by atoms with Crippen molar-refractivity contribution in [3.63, 3.8) is 0 Å². The molecule has 6 rings (SSSR count). The van der Waals surface area contributed by atoms with E-state index in [4.69, 9.17) is 23.7 Å². The highest BCUT2D eigenvalue weighted by molar-refractivity contribution is 6.04. The van der Waals surface area contributed by atoms with Gasteiger partial charge in [0, 0.05) is 26.8 Å². The molecule has 3 aromatic heterocycles. The van der Waals surface area contributed by atoms with Crippen LogP contribution in [0.5, 0.6) is 23.1 Å². The first-order valence-corrected chi connectivity index (χ1v) is 15.1. The minimum atomic E-state index is -0.622. The predicted molar refractivity (Wildman–Crippen MR) is 169 cm³/mol. The van der Waals surface area contributed by atoms with Crippen molar-refractivity contribution in [1.82, 2.24) is 24.3 Å². The van der Waals surface area contributed by atoms with Crippen molar-refractivity contribution in [2.45, 2.75) is 25.8 Å². The van der Waals surface area contributed by atoms with Gasteiger partial charge in [-0.05, 0) is 49.6 Å². The molecule has 244 valence electrons. The Hall–Kier alpha value is -5.34. The first kappa shape index (κ1) is 31.6. The molecule has 1 aliphatic rings. The van der Waals surface area contributed by atoms with Crippen LogP contribution in [-0.4, -0.2) is 70.9 Å². The molecule has 0 radical (unpaired) electrons. The molecule has 1 N–H and O–H groups in total. The zero-order valence-corrected chi connectivity index (χ0v) is 25.9. The van der Waals surface area contributed by atoms with E-state index in [1.54, 1.807) is 55.3 Å². The largest absolute Gasteiger partial charge is 0.487 e. The summed E-state index contributed by atoms with van der Waals surface area (Å²) in [6.45, 7) is 1.90. The van der Waals surface area contributed by atoms with Gasteiger partial charge in [0.15, 0.2) is 11.5 Å². The number of nitrogens with one attached hydrogen (secondary N) is 1. The molecule has 5 aromatic rings. The Bertz CT molecular complexity index is 1940. The van der Waals surface area contributed by atoms with E-state index in [1.165, 1.54) is 29.3 Å². The number of hydrogen-bond acceptors (Lipinski definition) is 10. The normalized spacial score (nSPS) is 12.5. The lowest BCUT2D eigenvalue weighted by Crippen LogP contribution is -2.26. The van der Waals surface area contributed by atoms with Gasteiger partial charge in [-0.2, -0.15) is 0 Å². The number of ether oxygens (including phenoxy) is 5. The molecule has 0 saturated carbocycles. The molecular formula is C33H33FN6O7. The van der Waals surface area contributed by atoms with Gasteiger partial charge in [-0.1, -0.05) is 12.1 Å². The molecule has 0 saturated heterocycles. The highest BCUT2D eigenvalue weighted by Crippen LogP contribution is 2.36. The lowest BCUT2D eigenvalue weighted by molar-refractivity contribution is 0.102. The van der Waals surface area contributed by atoms with E-state index in [-0.39, 0.29) is 22.9 Å². The number of rotatable bonds is 13. The van der Waals surface area contributed by atoms with Crippen LogP contribution in [0.4, 0.5) is 10.2 Å². The standard InChI is InChI=1S/C33H33FN6O7/c1-43-13-15-45-27-17-22-24(18-28(27)46-16-14-44-2)36-20-37-32(22)47-21-10-11-29(35-19-21)38-31(41)30-26-9-5-6-12-39(26)40(33(30)42)25-8-4-3-7-23(25)34/h3-4,7-8,10-11,17-20H,5-6,9,12-16H2,1-2H3,(H,35,38,41). The number of carbonyl (C=O) groups excluding carboxylic acids is 1. The molecule has 14 heteroatoms. The first-order chi connectivity index (χ1) is 23.0. The second-order valence-corrected chi connectivity index (χ2v) is 10.6. The highest BCUT2D eigenvalue weighted by Gasteiger charge is 2.28. The van der Waals surface area contributed by atoms with Gasteiger partial charge in [-0.15, -0.1) is 0 Å². The molecule has 0 aliphatic carbocycles. The second kappa shape index (κ2) is 14.4. The van der Waals surface area contributed by atoms with E-state index in [2.05, 4.69) is 20.3 Å². The van der Waals surface area contributed by atoms with Crippen LogP contribution in [0.25, 0.3) is 16.6 Å². The number of nitrogens with zero attached hydrogens (tertiary/aromatic N) is 5. The van der Waals surface area contributed by atoms with Crippen LogP contribution in [0.2, 0.25) is 0 Å². The highest BCUT2D eigenvalue weighted by atomic mass is 19.1. The molecule has 13 nitrogen and oxygen atoms in total. The summed E-state index contributed by atoms with van der Waals surface area (Å²) in [6.07, 6.45) is 4.94. The number of methoxy groups -OCH3 is 2. The van der Waals surface area contributed by atoms with Gasteiger partial charge < -0.3 is 29.0 Å². The Balaban J connectivity index is 1.22. The van der Waals surface area contributed by atoms with Crippen LogP contribution < -0.4 is 25.1 Å². The van der Waals surface area contributed by atoms with E-state index in [0.29, 0.717) is 73.2 Å². The molecular weight excluding hydrogens is 611 g/mol. The molecule has 1 amide bonds. The number of pyridine rings is 1. The van der Waals surface area contributed by atoms with Crippen LogP contribution >= 0.6 is 0 Å². The van der Waals surface area contributed by atoms with E-state index < -0.39 is 17.3 Å². The Kier molecular flexibility index (Phi) is 9.69. The molecule has 4 heterocycles. The molecule has 0 unspecified atom stereocenters. The maximum Gasteiger partial charge on any atom is 0.284 e. The zero-order valence-electron chi connectivity index (χ0n) is 25.9. The minimum Gasteiger partial charge on any atom is -0.487 e. The Morgan fingerprint density at radius 2 is 1.70 bits per heavy atom. The van der Waals surface area contributed by atoms with Gasteiger partial charge in [0.2, 0.25) is 5.88 Å². The number of hydrogen-bond donors (Lipinski definition) is 1. The van der Waals surface area contributed by atoms with Crippen molar-refractivity contribution in [1.29, 1.82) is 0 Å². The summed E-state index contributed by atoms with van der Waals surface area (Å²) in [7, 11) is 3.18. The third-order valence-corrected chi connectivity index (χ3v) is 7.54. The molecule has 0 bridgehead atoms. The maximum absolute atomic E-state index is 14.7. The number of fused-ring (bicyclic) bond motifs is 2. The van der Waals surface area contributed by atoms with Crippen LogP contribution in [0.3, 0.4) is 0 Å². The van der Waals surface area contributed by atoms with Crippen molar-refractivity contribution in [3.05, 3.63) is 88.5 Å². The molecule has 47 heavy (non-hydrogen) atoms. The van der Waals surface area contributed by atoms with E-state index in [9.17, 15) is 14.0 Å². The van der Waals surface area contributed by atoms with Crippen LogP contribution in [0.1, 0.15) is 28.9 Å². The predicted octanol–water partition coefficient (Wildman–Crippen LogP) is 4.55. The number of aromatic nitrogens is 5. The number of carbonyl (C=O) groups is 1. The summed E-state index contributed by atoms with van der Waals surface area (Å²) < 4.78 is 45.6. The van der Waals surface area contributed by atoms with Gasteiger partial charge in [0.1, 0.15) is 48.2 Å². The zero-order chi connectivity index (χ0) is 32.8. The molecule has 2 aromatic carbocycles. The molecule has 0 spiro atoms. The summed E-state index contributed by atoms with van der Waals surface area (Å²) in [5, 5.41) is 3.28. The van der Waals surface area contributed by atoms with E-state index >= 15 is 0 Å². The Labute approximate surface area is 268 Å². The number of benzene rings is 2. The smallest absolute Gasteiger partial charge is 0.284 e. The van der Waals surface area contributed by atoms with Crippen LogP contribution in [0.15, 0.2) is 65.8 Å². The third kappa shape index (κ3) is 6.78. The van der Waals surface area contributed by atoms with E-state index in [0.717, 1.165) is 12.8 Å². The second-order valence-electron chi connectivity index (χ2n) is 10.6. The third-order valence-electron chi connectivity index (χ3n) is 7.54. The summed E-state index contributed by atoms with van der Waals surface area (Å²) in [4.78, 5) is 39.9. The van der Waals surface area contributed by atoms with Crippen molar-refractivity contribution >= 4 is 22.6 Å². The van der Waals surface area contributed by atoms with Crippen molar-refractivity contribution in [2.24, 2.45) is 0 Å². The SMILES string of the molecule is COCCOc1cc2ncnc(Oc3ccc(NC(=O)c4c5n(n(-c6ccccc6F)c4=O)CCCC5)nc3)c2cc1OCCOC. The summed E-state index contributed by atoms with van der Waals surface area (Å²) in [5.74, 6) is 0.575. The minimum absolute atomic E-state index is 0.0309. The topological polar surface area (TPSA) is 141 Å². The number of halogens is 1. The quantitative estimate of drug-likeness (QED) is 0.182. The number of amides is 1. The fourth-order valence-corrected chi connectivity index (χ4v) is 5.35. The fraction of sp³-hybridized carbons (Fsp3) is 0.303. The van der Waals surface area contributed by atoms with Gasteiger partial charge >= 0.3 is 0 Å². The average molecular weight is 645 g/mol. The van der Waals surface area contributed by atoms with Gasteiger partial charge in [-0.25, -0.2) is 24.0 Å². The Morgan fingerprint density at radius 3 is 2.43 bits per heavy atom. The van der Waals surface area contributed by atoms with Crippen molar-refractivity contribution in [2.75, 3.05) is 46.0 Å². The lowest BCUT2D eigenvalue weighted by atomic mass is 10.1. The number of para-hydroxylation sites is 1. The summed E-state index contributed by atoms with van der Waals surface area (Å²) in [5.41, 5.74) is 0.611. The molecule has 0 atom stereocenters. The summed E-state index contributed by atoms with van der Waals surface area (Å²) >= 11 is 0. The first-order valence-electron chi connectivity index (χ1n) is 15.1. The van der Waals surface area contributed by atoms with Gasteiger partial charge in [-0.3, -0.25) is 14.3 Å². The Morgan fingerprint density at radius 1 is 0.936 bits per heavy atom. The van der Waals surface area contributed by atoms with Gasteiger partial charge in [0.25, 0.3) is 11.5 Å². The molecule has 1 aliphatic heterocycles. The summed E-state index contributed by atoms with van der Waals surface area (Å²) in [6, 6.07) is 12.6. The van der Waals surface area contributed by atoms with E-state index in [1.807, 2.05) is 0 Å². The lowest BCUT2D eigenvalue weighted by Gasteiger charge is -2.19. The van der Waals surface area contributed by atoms with Crippen molar-refractivity contribution < 1.29 is 32.9 Å². The maximum atomic E-state index is 14.7. The molecule has 0 fully saturated rings. The van der Waals surface area contributed by atoms with Crippen LogP contribution in [0, 0.1) is 5.82 Å². The van der Waals surface area contributed by atoms with Crippen LogP contribution in [-0.2, 0) is 22.4 Å².